The first-order valence-corrected chi connectivity index (χ1v) is 7.30. The number of para-hydroxylation sites is 1. The highest BCUT2D eigenvalue weighted by Crippen LogP contribution is 2.33. The van der Waals surface area contributed by atoms with Crippen LogP contribution in [0.4, 0.5) is 15.8 Å². The maximum Gasteiger partial charge on any atom is 0.335 e. The molecule has 0 saturated carbocycles. The minimum atomic E-state index is -1.13. The summed E-state index contributed by atoms with van der Waals surface area (Å²) in [6, 6.07) is 9.66. The van der Waals surface area contributed by atoms with Gasteiger partial charge in [0.05, 0.1) is 16.9 Å². The van der Waals surface area contributed by atoms with Gasteiger partial charge >= 0.3 is 5.97 Å². The molecule has 0 aromatic heterocycles. The molecule has 0 saturated heterocycles. The third-order valence-corrected chi connectivity index (χ3v) is 3.60. The molecule has 128 valence electrons. The predicted molar refractivity (Wildman–Crippen MR) is 86.3 cm³/mol. The molecule has 2 N–H and O–H groups in total. The van der Waals surface area contributed by atoms with Crippen LogP contribution in [0.3, 0.4) is 0 Å². The van der Waals surface area contributed by atoms with E-state index in [1.165, 1.54) is 41.3 Å². The summed E-state index contributed by atoms with van der Waals surface area (Å²) in [5, 5.41) is 11.4. The Morgan fingerprint density at radius 1 is 1.24 bits per heavy atom. The third kappa shape index (κ3) is 3.42. The van der Waals surface area contributed by atoms with Crippen LogP contribution in [-0.2, 0) is 9.59 Å². The predicted octanol–water partition coefficient (Wildman–Crippen LogP) is 1.89. The second-order valence-electron chi connectivity index (χ2n) is 5.28. The van der Waals surface area contributed by atoms with Gasteiger partial charge in [0.1, 0.15) is 18.1 Å². The quantitative estimate of drug-likeness (QED) is 0.883. The summed E-state index contributed by atoms with van der Waals surface area (Å²) >= 11 is 0. The Morgan fingerprint density at radius 2 is 2.00 bits per heavy atom. The molecule has 0 unspecified atom stereocenters. The van der Waals surface area contributed by atoms with Crippen molar-refractivity contribution < 1.29 is 28.6 Å². The first-order valence-electron chi connectivity index (χ1n) is 7.30. The van der Waals surface area contributed by atoms with Crippen LogP contribution in [0.25, 0.3) is 0 Å². The number of aromatic carboxylic acids is 1. The van der Waals surface area contributed by atoms with E-state index in [9.17, 15) is 18.8 Å². The van der Waals surface area contributed by atoms with Crippen LogP contribution in [0.1, 0.15) is 10.4 Å². The van der Waals surface area contributed by atoms with Crippen molar-refractivity contribution >= 4 is 29.2 Å². The fourth-order valence-electron chi connectivity index (χ4n) is 2.41. The zero-order chi connectivity index (χ0) is 18.0. The summed E-state index contributed by atoms with van der Waals surface area (Å²) in [6.07, 6.45) is 0. The fraction of sp³-hybridized carbons (Fsp3) is 0.118. The first kappa shape index (κ1) is 16.4. The highest BCUT2D eigenvalue weighted by Gasteiger charge is 2.28. The van der Waals surface area contributed by atoms with Crippen molar-refractivity contribution in [2.24, 2.45) is 0 Å². The number of nitrogens with one attached hydrogen (secondary N) is 1. The number of ether oxygens (including phenoxy) is 1. The van der Waals surface area contributed by atoms with Crippen LogP contribution in [0.2, 0.25) is 0 Å². The number of anilines is 2. The number of fused-ring (bicyclic) bond motifs is 1. The molecule has 0 bridgehead atoms. The molecule has 2 aromatic carbocycles. The largest absolute Gasteiger partial charge is 0.482 e. The van der Waals surface area contributed by atoms with E-state index in [4.69, 9.17) is 9.84 Å². The van der Waals surface area contributed by atoms with Crippen LogP contribution >= 0.6 is 0 Å². The standard InChI is InChI=1S/C17H13FN2O5/c18-11-3-1-2-4-12(11)19-15(21)8-20-13-6-5-10(17(23)24)7-14(13)25-9-16(20)22/h1-7H,8-9H2,(H,19,21)(H,23,24). The summed E-state index contributed by atoms with van der Waals surface area (Å²) in [4.78, 5) is 36.4. The highest BCUT2D eigenvalue weighted by molar-refractivity contribution is 6.05. The number of carbonyl (C=O) groups is 3. The van der Waals surface area contributed by atoms with E-state index in [-0.39, 0.29) is 35.8 Å². The maximum atomic E-state index is 13.6. The van der Waals surface area contributed by atoms with Crippen molar-refractivity contribution in [3.63, 3.8) is 0 Å². The number of nitrogens with zero attached hydrogens (tertiary/aromatic N) is 1. The molecule has 0 atom stereocenters. The Labute approximate surface area is 141 Å². The van der Waals surface area contributed by atoms with Gasteiger partial charge in [0.2, 0.25) is 5.91 Å². The van der Waals surface area contributed by atoms with Crippen LogP contribution in [0, 0.1) is 5.82 Å². The van der Waals surface area contributed by atoms with E-state index in [0.717, 1.165) is 0 Å². The van der Waals surface area contributed by atoms with E-state index >= 15 is 0 Å². The minimum Gasteiger partial charge on any atom is -0.482 e. The van der Waals surface area contributed by atoms with E-state index in [0.29, 0.717) is 0 Å². The molecular formula is C17H13FN2O5. The van der Waals surface area contributed by atoms with Crippen LogP contribution in [-0.4, -0.2) is 36.0 Å². The Balaban J connectivity index is 1.81. The lowest BCUT2D eigenvalue weighted by atomic mass is 10.1. The van der Waals surface area contributed by atoms with E-state index in [2.05, 4.69) is 5.32 Å². The molecule has 1 heterocycles. The lowest BCUT2D eigenvalue weighted by Gasteiger charge is -2.29. The summed E-state index contributed by atoms with van der Waals surface area (Å²) in [5.41, 5.74) is 0.295. The number of benzene rings is 2. The fourth-order valence-corrected chi connectivity index (χ4v) is 2.41. The molecule has 0 aliphatic carbocycles. The van der Waals surface area contributed by atoms with Gasteiger partial charge in [-0.3, -0.25) is 14.5 Å². The zero-order valence-corrected chi connectivity index (χ0v) is 12.9. The Kier molecular flexibility index (Phi) is 4.34. The molecule has 3 rings (SSSR count). The Hall–Kier alpha value is -3.42. The number of carboxylic acid groups (broad SMARTS) is 1. The van der Waals surface area contributed by atoms with Gasteiger partial charge in [-0.05, 0) is 30.3 Å². The van der Waals surface area contributed by atoms with Gasteiger partial charge in [-0.25, -0.2) is 9.18 Å². The number of halogens is 1. The lowest BCUT2D eigenvalue weighted by molar-refractivity contribution is -0.123. The van der Waals surface area contributed by atoms with Gasteiger partial charge in [0.25, 0.3) is 5.91 Å². The zero-order valence-electron chi connectivity index (χ0n) is 12.9. The van der Waals surface area contributed by atoms with E-state index in [1.54, 1.807) is 6.07 Å². The van der Waals surface area contributed by atoms with Crippen molar-refractivity contribution in [3.8, 4) is 5.75 Å². The number of rotatable bonds is 4. The second-order valence-corrected chi connectivity index (χ2v) is 5.28. The third-order valence-electron chi connectivity index (χ3n) is 3.60. The maximum absolute atomic E-state index is 13.6. The van der Waals surface area contributed by atoms with Crippen LogP contribution in [0.15, 0.2) is 42.5 Å². The normalized spacial score (nSPS) is 13.0. The number of carboxylic acids is 1. The van der Waals surface area contributed by atoms with Crippen molar-refractivity contribution in [1.29, 1.82) is 0 Å². The molecule has 1 aliphatic rings. The average Bonchev–Trinajstić information content (AvgIpc) is 2.59. The highest BCUT2D eigenvalue weighted by atomic mass is 19.1. The van der Waals surface area contributed by atoms with Gasteiger partial charge in [-0.2, -0.15) is 0 Å². The first-order chi connectivity index (χ1) is 12.0. The molecule has 25 heavy (non-hydrogen) atoms. The van der Waals surface area contributed by atoms with E-state index in [1.807, 2.05) is 0 Å². The van der Waals surface area contributed by atoms with E-state index < -0.39 is 23.6 Å². The molecule has 0 spiro atoms. The Morgan fingerprint density at radius 3 is 2.72 bits per heavy atom. The second kappa shape index (κ2) is 6.60. The van der Waals surface area contributed by atoms with Gasteiger partial charge in [-0.15, -0.1) is 0 Å². The molecule has 2 aromatic rings. The molecule has 8 heteroatoms. The average molecular weight is 344 g/mol. The van der Waals surface area contributed by atoms with Crippen molar-refractivity contribution in [1.82, 2.24) is 0 Å². The molecule has 1 aliphatic heterocycles. The summed E-state index contributed by atoms with van der Waals surface area (Å²) in [5.74, 6) is -2.58. The van der Waals surface area contributed by atoms with Crippen molar-refractivity contribution in [2.75, 3.05) is 23.4 Å². The summed E-state index contributed by atoms with van der Waals surface area (Å²) < 4.78 is 18.8. The van der Waals surface area contributed by atoms with Crippen molar-refractivity contribution in [2.45, 2.75) is 0 Å². The van der Waals surface area contributed by atoms with Crippen LogP contribution in [0.5, 0.6) is 5.75 Å². The van der Waals surface area contributed by atoms with Crippen LogP contribution < -0.4 is 15.0 Å². The topological polar surface area (TPSA) is 95.9 Å². The van der Waals surface area contributed by atoms with Crippen molar-refractivity contribution in [3.05, 3.63) is 53.8 Å². The Bertz CT molecular complexity index is 868. The summed E-state index contributed by atoms with van der Waals surface area (Å²) in [6.45, 7) is -0.668. The number of amides is 2. The summed E-state index contributed by atoms with van der Waals surface area (Å²) in [7, 11) is 0. The van der Waals surface area contributed by atoms with Gasteiger partial charge in [-0.1, -0.05) is 12.1 Å². The molecule has 2 amide bonds. The number of hydrogen-bond acceptors (Lipinski definition) is 4. The van der Waals surface area contributed by atoms with Gasteiger partial charge in [0, 0.05) is 0 Å². The molecular weight excluding hydrogens is 331 g/mol. The van der Waals surface area contributed by atoms with Gasteiger partial charge in [0.15, 0.2) is 6.61 Å². The minimum absolute atomic E-state index is 0.00357. The molecule has 0 radical (unpaired) electrons. The van der Waals surface area contributed by atoms with Gasteiger partial charge < -0.3 is 15.2 Å². The SMILES string of the molecule is O=C(CN1C(=O)COc2cc(C(=O)O)ccc21)Nc1ccccc1F. The smallest absolute Gasteiger partial charge is 0.335 e. The number of carbonyl (C=O) groups excluding carboxylic acids is 2. The number of hydrogen-bond donors (Lipinski definition) is 2. The molecule has 0 fully saturated rings. The molecule has 7 nitrogen and oxygen atoms in total. The lowest BCUT2D eigenvalue weighted by Crippen LogP contribution is -2.43. The monoisotopic (exact) mass is 344 g/mol.